The minimum Gasteiger partial charge on any atom is -0.445 e. The first-order chi connectivity index (χ1) is 15.6. The van der Waals surface area contributed by atoms with E-state index in [1.807, 2.05) is 48.5 Å². The van der Waals surface area contributed by atoms with Crippen molar-refractivity contribution in [1.29, 1.82) is 0 Å². The number of hydrogen-bond donors (Lipinski definition) is 2. The molecule has 7 heteroatoms. The van der Waals surface area contributed by atoms with Crippen molar-refractivity contribution in [3.8, 4) is 0 Å². The van der Waals surface area contributed by atoms with Crippen LogP contribution in [0.2, 0.25) is 0 Å². The molecule has 0 spiro atoms. The van der Waals surface area contributed by atoms with Gasteiger partial charge in [0.2, 0.25) is 5.91 Å². The first-order valence-electron chi connectivity index (χ1n) is 10.8. The Kier molecular flexibility index (Phi) is 6.87. The molecule has 0 unspecified atom stereocenters. The Morgan fingerprint density at radius 2 is 1.72 bits per heavy atom. The molecule has 4 rings (SSSR count). The van der Waals surface area contributed by atoms with Crippen LogP contribution < -0.4 is 15.5 Å². The molecule has 3 aromatic rings. The fourth-order valence-electron chi connectivity index (χ4n) is 3.79. The van der Waals surface area contributed by atoms with Gasteiger partial charge < -0.3 is 25.2 Å². The van der Waals surface area contributed by atoms with Crippen LogP contribution in [0.4, 0.5) is 16.2 Å². The standard InChI is InChI=1S/C25H28N4O3/c1-28-12-14-29(15-13-28)23-9-5-8-20-10-11-21(16-22(20)23)27-24(30)17-26-25(31)32-18-19-6-3-2-4-7-19/h2-11,16H,12-15,17-18H2,1H3,(H,26,31)(H,27,30). The Labute approximate surface area is 188 Å². The molecule has 1 saturated heterocycles. The van der Waals surface area contributed by atoms with Gasteiger partial charge in [0.25, 0.3) is 0 Å². The maximum Gasteiger partial charge on any atom is 0.407 e. The monoisotopic (exact) mass is 432 g/mol. The number of nitrogens with zero attached hydrogens (tertiary/aromatic N) is 2. The van der Waals surface area contributed by atoms with Gasteiger partial charge in [0.15, 0.2) is 0 Å². The van der Waals surface area contributed by atoms with Crippen molar-refractivity contribution in [2.75, 3.05) is 50.0 Å². The number of piperazine rings is 1. The molecule has 0 radical (unpaired) electrons. The summed E-state index contributed by atoms with van der Waals surface area (Å²) < 4.78 is 5.14. The quantitative estimate of drug-likeness (QED) is 0.624. The summed E-state index contributed by atoms with van der Waals surface area (Å²) in [6, 6.07) is 21.5. The van der Waals surface area contributed by atoms with Gasteiger partial charge in [-0.15, -0.1) is 0 Å². The molecule has 2 amide bonds. The first-order valence-corrected chi connectivity index (χ1v) is 10.8. The molecule has 1 aliphatic rings. The van der Waals surface area contributed by atoms with Gasteiger partial charge in [0, 0.05) is 42.9 Å². The highest BCUT2D eigenvalue weighted by molar-refractivity contribution is 6.00. The van der Waals surface area contributed by atoms with Crippen LogP contribution in [0.15, 0.2) is 66.7 Å². The normalized spacial score (nSPS) is 14.2. The highest BCUT2D eigenvalue weighted by atomic mass is 16.5. The molecule has 1 heterocycles. The number of benzene rings is 3. The predicted octanol–water partition coefficient (Wildman–Crippen LogP) is 3.46. The average molecular weight is 433 g/mol. The van der Waals surface area contributed by atoms with Crippen LogP contribution in [0.3, 0.4) is 0 Å². The van der Waals surface area contributed by atoms with E-state index in [0.29, 0.717) is 5.69 Å². The molecule has 0 atom stereocenters. The van der Waals surface area contributed by atoms with Crippen molar-refractivity contribution in [3.05, 3.63) is 72.3 Å². The number of fused-ring (bicyclic) bond motifs is 1. The third kappa shape index (κ3) is 5.56. The van der Waals surface area contributed by atoms with Gasteiger partial charge in [0.05, 0.1) is 0 Å². The van der Waals surface area contributed by atoms with E-state index in [2.05, 4.69) is 45.7 Å². The minimum absolute atomic E-state index is 0.161. The van der Waals surface area contributed by atoms with Crippen molar-refractivity contribution in [1.82, 2.24) is 10.2 Å². The van der Waals surface area contributed by atoms with Crippen LogP contribution in [0.1, 0.15) is 5.56 Å². The Hall–Kier alpha value is -3.58. The van der Waals surface area contributed by atoms with E-state index in [1.54, 1.807) is 0 Å². The number of ether oxygens (including phenoxy) is 1. The largest absolute Gasteiger partial charge is 0.445 e. The molecular weight excluding hydrogens is 404 g/mol. The molecule has 3 aromatic carbocycles. The number of carbonyl (C=O) groups excluding carboxylic acids is 2. The third-order valence-corrected chi connectivity index (χ3v) is 5.59. The molecule has 0 aromatic heterocycles. The van der Waals surface area contributed by atoms with E-state index in [-0.39, 0.29) is 19.1 Å². The van der Waals surface area contributed by atoms with E-state index in [4.69, 9.17) is 4.74 Å². The average Bonchev–Trinajstić information content (AvgIpc) is 2.82. The summed E-state index contributed by atoms with van der Waals surface area (Å²) in [4.78, 5) is 28.9. The number of alkyl carbamates (subject to hydrolysis) is 1. The van der Waals surface area contributed by atoms with Crippen LogP contribution >= 0.6 is 0 Å². The van der Waals surface area contributed by atoms with E-state index in [9.17, 15) is 9.59 Å². The number of carbonyl (C=O) groups is 2. The number of rotatable bonds is 6. The number of anilines is 2. The highest BCUT2D eigenvalue weighted by Gasteiger charge is 2.16. The summed E-state index contributed by atoms with van der Waals surface area (Å²) in [5.41, 5.74) is 2.76. The molecule has 7 nitrogen and oxygen atoms in total. The van der Waals surface area contributed by atoms with Gasteiger partial charge >= 0.3 is 6.09 Å². The van der Waals surface area contributed by atoms with Crippen LogP contribution in [0.5, 0.6) is 0 Å². The zero-order valence-electron chi connectivity index (χ0n) is 18.2. The van der Waals surface area contributed by atoms with Crippen LogP contribution in [0, 0.1) is 0 Å². The fraction of sp³-hybridized carbons (Fsp3) is 0.280. The number of likely N-dealkylation sites (N-methyl/N-ethyl adjacent to an activating group) is 1. The Balaban J connectivity index is 1.34. The van der Waals surface area contributed by atoms with Gasteiger partial charge in [-0.05, 0) is 36.2 Å². The summed E-state index contributed by atoms with van der Waals surface area (Å²) in [5, 5.41) is 7.58. The van der Waals surface area contributed by atoms with Gasteiger partial charge in [-0.25, -0.2) is 4.79 Å². The van der Waals surface area contributed by atoms with E-state index >= 15 is 0 Å². The van der Waals surface area contributed by atoms with Crippen molar-refractivity contribution in [3.63, 3.8) is 0 Å². The smallest absolute Gasteiger partial charge is 0.407 e. The lowest BCUT2D eigenvalue weighted by atomic mass is 10.1. The van der Waals surface area contributed by atoms with Crippen LogP contribution in [-0.4, -0.2) is 56.7 Å². The lowest BCUT2D eigenvalue weighted by molar-refractivity contribution is -0.115. The van der Waals surface area contributed by atoms with Crippen molar-refractivity contribution >= 4 is 34.1 Å². The third-order valence-electron chi connectivity index (χ3n) is 5.59. The predicted molar refractivity (Wildman–Crippen MR) is 127 cm³/mol. The lowest BCUT2D eigenvalue weighted by Crippen LogP contribution is -2.44. The maximum atomic E-state index is 12.4. The molecule has 2 N–H and O–H groups in total. The molecule has 166 valence electrons. The summed E-state index contributed by atoms with van der Waals surface area (Å²) >= 11 is 0. The number of hydrogen-bond acceptors (Lipinski definition) is 5. The zero-order chi connectivity index (χ0) is 22.3. The van der Waals surface area contributed by atoms with Gasteiger partial charge in [-0.3, -0.25) is 4.79 Å². The lowest BCUT2D eigenvalue weighted by Gasteiger charge is -2.34. The molecule has 0 aliphatic carbocycles. The summed E-state index contributed by atoms with van der Waals surface area (Å²) in [5.74, 6) is -0.307. The Bertz CT molecular complexity index is 1080. The second-order valence-electron chi connectivity index (χ2n) is 7.97. The number of amides is 2. The molecule has 0 saturated carbocycles. The van der Waals surface area contributed by atoms with Crippen LogP contribution in [-0.2, 0) is 16.1 Å². The van der Waals surface area contributed by atoms with E-state index in [0.717, 1.165) is 42.5 Å². The topological polar surface area (TPSA) is 73.9 Å². The molecular formula is C25H28N4O3. The second kappa shape index (κ2) is 10.2. The second-order valence-corrected chi connectivity index (χ2v) is 7.97. The van der Waals surface area contributed by atoms with Crippen molar-refractivity contribution in [2.45, 2.75) is 6.61 Å². The van der Waals surface area contributed by atoms with Gasteiger partial charge in [-0.1, -0.05) is 48.5 Å². The van der Waals surface area contributed by atoms with Crippen molar-refractivity contribution in [2.24, 2.45) is 0 Å². The van der Waals surface area contributed by atoms with E-state index in [1.165, 1.54) is 5.69 Å². The highest BCUT2D eigenvalue weighted by Crippen LogP contribution is 2.30. The zero-order valence-corrected chi connectivity index (χ0v) is 18.2. The van der Waals surface area contributed by atoms with E-state index < -0.39 is 6.09 Å². The molecule has 1 aliphatic heterocycles. The summed E-state index contributed by atoms with van der Waals surface area (Å²) in [6.07, 6.45) is -0.625. The maximum absolute atomic E-state index is 12.4. The van der Waals surface area contributed by atoms with Gasteiger partial charge in [0.1, 0.15) is 13.2 Å². The summed E-state index contributed by atoms with van der Waals surface area (Å²) in [6.45, 7) is 4.00. The van der Waals surface area contributed by atoms with Crippen molar-refractivity contribution < 1.29 is 14.3 Å². The summed E-state index contributed by atoms with van der Waals surface area (Å²) in [7, 11) is 2.14. The molecule has 0 bridgehead atoms. The molecule has 32 heavy (non-hydrogen) atoms. The number of nitrogens with one attached hydrogen (secondary N) is 2. The first kappa shape index (κ1) is 21.6. The fourth-order valence-corrected chi connectivity index (χ4v) is 3.79. The SMILES string of the molecule is CN1CCN(c2cccc3ccc(NC(=O)CNC(=O)OCc4ccccc4)cc23)CC1. The Morgan fingerprint density at radius 3 is 2.50 bits per heavy atom. The Morgan fingerprint density at radius 1 is 0.938 bits per heavy atom. The van der Waals surface area contributed by atoms with Gasteiger partial charge in [-0.2, -0.15) is 0 Å². The van der Waals surface area contributed by atoms with Crippen LogP contribution in [0.25, 0.3) is 10.8 Å². The molecule has 1 fully saturated rings. The minimum atomic E-state index is -0.625.